The van der Waals surface area contributed by atoms with Crippen LogP contribution in [0.5, 0.6) is 5.75 Å². The van der Waals surface area contributed by atoms with Crippen molar-refractivity contribution in [3.05, 3.63) is 23.8 Å². The lowest BCUT2D eigenvalue weighted by atomic mass is 10.3. The molecule has 0 aromatic heterocycles. The highest BCUT2D eigenvalue weighted by Gasteiger charge is 2.20. The van der Waals surface area contributed by atoms with Crippen molar-refractivity contribution in [1.82, 2.24) is 4.72 Å². The maximum Gasteiger partial charge on any atom is 0.243 e. The fourth-order valence-corrected chi connectivity index (χ4v) is 1.89. The van der Waals surface area contributed by atoms with E-state index in [9.17, 15) is 17.2 Å². The number of hydrogen-bond acceptors (Lipinski definition) is 3. The van der Waals surface area contributed by atoms with E-state index in [1.807, 2.05) is 4.72 Å². The van der Waals surface area contributed by atoms with Gasteiger partial charge in [0.2, 0.25) is 10.0 Å². The standard InChI is InChI=1S/C9H11F2NO3S/c1-3-15-8-4-7(11)9(5-6(8)10)16(13,14)12-2/h4-5,12H,3H2,1-2H3. The van der Waals surface area contributed by atoms with E-state index in [2.05, 4.69) is 0 Å². The van der Waals surface area contributed by atoms with Gasteiger partial charge in [0.25, 0.3) is 0 Å². The van der Waals surface area contributed by atoms with E-state index < -0.39 is 26.6 Å². The van der Waals surface area contributed by atoms with Crippen LogP contribution in [0.15, 0.2) is 17.0 Å². The maximum absolute atomic E-state index is 13.4. The van der Waals surface area contributed by atoms with Crippen molar-refractivity contribution in [2.45, 2.75) is 11.8 Å². The lowest BCUT2D eigenvalue weighted by molar-refractivity contribution is 0.318. The molecule has 0 spiro atoms. The van der Waals surface area contributed by atoms with E-state index in [-0.39, 0.29) is 12.4 Å². The summed E-state index contributed by atoms with van der Waals surface area (Å²) in [5.74, 6) is -2.29. The topological polar surface area (TPSA) is 55.4 Å². The normalized spacial score (nSPS) is 11.5. The van der Waals surface area contributed by atoms with Gasteiger partial charge in [0, 0.05) is 12.1 Å². The van der Waals surface area contributed by atoms with Gasteiger partial charge in [0.05, 0.1) is 6.61 Å². The second-order valence-electron chi connectivity index (χ2n) is 2.85. The largest absolute Gasteiger partial charge is 0.491 e. The van der Waals surface area contributed by atoms with Crippen molar-refractivity contribution in [2.75, 3.05) is 13.7 Å². The fourth-order valence-electron chi connectivity index (χ4n) is 1.09. The van der Waals surface area contributed by atoms with E-state index >= 15 is 0 Å². The third-order valence-electron chi connectivity index (χ3n) is 1.84. The van der Waals surface area contributed by atoms with Crippen LogP contribution in [0.1, 0.15) is 6.92 Å². The molecule has 0 aliphatic carbocycles. The van der Waals surface area contributed by atoms with Crippen LogP contribution in [0.25, 0.3) is 0 Å². The Morgan fingerprint density at radius 1 is 1.31 bits per heavy atom. The highest BCUT2D eigenvalue weighted by molar-refractivity contribution is 7.89. The van der Waals surface area contributed by atoms with Gasteiger partial charge < -0.3 is 4.74 Å². The Labute approximate surface area is 92.3 Å². The summed E-state index contributed by atoms with van der Waals surface area (Å²) in [5, 5.41) is 0. The molecule has 0 radical (unpaired) electrons. The third-order valence-corrected chi connectivity index (χ3v) is 3.27. The van der Waals surface area contributed by atoms with Gasteiger partial charge in [-0.25, -0.2) is 21.9 Å². The highest BCUT2D eigenvalue weighted by Crippen LogP contribution is 2.24. The van der Waals surface area contributed by atoms with Gasteiger partial charge in [-0.05, 0) is 14.0 Å². The molecule has 0 saturated heterocycles. The maximum atomic E-state index is 13.4. The van der Waals surface area contributed by atoms with Crippen molar-refractivity contribution in [1.29, 1.82) is 0 Å². The minimum absolute atomic E-state index is 0.161. The molecule has 0 heterocycles. The second-order valence-corrected chi connectivity index (χ2v) is 4.71. The molecule has 0 bridgehead atoms. The van der Waals surface area contributed by atoms with Gasteiger partial charge in [-0.15, -0.1) is 0 Å². The van der Waals surface area contributed by atoms with Crippen LogP contribution in [0.4, 0.5) is 8.78 Å². The lowest BCUT2D eigenvalue weighted by Gasteiger charge is -2.08. The Morgan fingerprint density at radius 2 is 1.94 bits per heavy atom. The molecular weight excluding hydrogens is 240 g/mol. The monoisotopic (exact) mass is 251 g/mol. The quantitative estimate of drug-likeness (QED) is 0.876. The number of hydrogen-bond donors (Lipinski definition) is 1. The van der Waals surface area contributed by atoms with Gasteiger partial charge in [-0.2, -0.15) is 0 Å². The Morgan fingerprint density at radius 3 is 2.44 bits per heavy atom. The van der Waals surface area contributed by atoms with Gasteiger partial charge in [-0.3, -0.25) is 0 Å². The average Bonchev–Trinajstić information content (AvgIpc) is 2.23. The molecule has 1 rings (SSSR count). The van der Waals surface area contributed by atoms with Crippen LogP contribution in [-0.4, -0.2) is 22.1 Å². The molecule has 90 valence electrons. The smallest absolute Gasteiger partial charge is 0.243 e. The first-order valence-corrected chi connectivity index (χ1v) is 5.96. The molecule has 0 aliphatic rings. The highest BCUT2D eigenvalue weighted by atomic mass is 32.2. The van der Waals surface area contributed by atoms with Crippen LogP contribution in [0.3, 0.4) is 0 Å². The molecule has 16 heavy (non-hydrogen) atoms. The summed E-state index contributed by atoms with van der Waals surface area (Å²) < 4.78 is 55.9. The number of nitrogens with one attached hydrogen (secondary N) is 1. The molecular formula is C9H11F2NO3S. The van der Waals surface area contributed by atoms with Crippen molar-refractivity contribution in [3.8, 4) is 5.75 Å². The third kappa shape index (κ3) is 2.48. The Hall–Kier alpha value is -1.21. The number of benzene rings is 1. The summed E-state index contributed by atoms with van der Waals surface area (Å²) in [7, 11) is -2.89. The van der Waals surface area contributed by atoms with Gasteiger partial charge in [-0.1, -0.05) is 0 Å². The fraction of sp³-hybridized carbons (Fsp3) is 0.333. The zero-order chi connectivity index (χ0) is 12.3. The minimum Gasteiger partial charge on any atom is -0.491 e. The first kappa shape index (κ1) is 12.9. The molecule has 0 aliphatic heterocycles. The average molecular weight is 251 g/mol. The molecule has 0 amide bonds. The molecule has 0 saturated carbocycles. The van der Waals surface area contributed by atoms with Crippen molar-refractivity contribution >= 4 is 10.0 Å². The summed E-state index contributed by atoms with van der Waals surface area (Å²) in [6.07, 6.45) is 0. The van der Waals surface area contributed by atoms with Crippen LogP contribution in [-0.2, 0) is 10.0 Å². The lowest BCUT2D eigenvalue weighted by Crippen LogP contribution is -2.20. The number of sulfonamides is 1. The summed E-state index contributed by atoms with van der Waals surface area (Å²) in [5.41, 5.74) is 0. The SMILES string of the molecule is CCOc1cc(F)c(S(=O)(=O)NC)cc1F. The van der Waals surface area contributed by atoms with Gasteiger partial charge >= 0.3 is 0 Å². The van der Waals surface area contributed by atoms with Crippen LogP contribution < -0.4 is 9.46 Å². The van der Waals surface area contributed by atoms with E-state index in [1.165, 1.54) is 0 Å². The first-order valence-electron chi connectivity index (χ1n) is 4.47. The Balaban J connectivity index is 3.31. The summed E-state index contributed by atoms with van der Waals surface area (Å²) in [6.45, 7) is 1.77. The van der Waals surface area contributed by atoms with Crippen LogP contribution >= 0.6 is 0 Å². The van der Waals surface area contributed by atoms with Crippen molar-refractivity contribution in [3.63, 3.8) is 0 Å². The molecule has 1 N–H and O–H groups in total. The Bertz CT molecular complexity index is 488. The molecule has 0 fully saturated rings. The minimum atomic E-state index is -4.00. The zero-order valence-corrected chi connectivity index (χ0v) is 9.57. The van der Waals surface area contributed by atoms with Crippen molar-refractivity contribution < 1.29 is 21.9 Å². The van der Waals surface area contributed by atoms with Crippen molar-refractivity contribution in [2.24, 2.45) is 0 Å². The summed E-state index contributed by atoms with van der Waals surface area (Å²) >= 11 is 0. The molecule has 1 aromatic carbocycles. The first-order chi connectivity index (χ1) is 7.42. The van der Waals surface area contributed by atoms with E-state index in [0.717, 1.165) is 7.05 Å². The van der Waals surface area contributed by atoms with E-state index in [1.54, 1.807) is 6.92 Å². The van der Waals surface area contributed by atoms with Crippen LogP contribution in [0, 0.1) is 11.6 Å². The van der Waals surface area contributed by atoms with E-state index in [4.69, 9.17) is 4.74 Å². The zero-order valence-electron chi connectivity index (χ0n) is 8.75. The number of rotatable bonds is 4. The number of halogens is 2. The molecule has 0 unspecified atom stereocenters. The van der Waals surface area contributed by atoms with Crippen LogP contribution in [0.2, 0.25) is 0 Å². The van der Waals surface area contributed by atoms with Gasteiger partial charge in [0.15, 0.2) is 11.6 Å². The summed E-state index contributed by atoms with van der Waals surface area (Å²) in [4.78, 5) is -0.740. The second kappa shape index (κ2) is 4.75. The summed E-state index contributed by atoms with van der Waals surface area (Å²) in [6, 6.07) is 1.30. The molecule has 4 nitrogen and oxygen atoms in total. The molecule has 0 atom stereocenters. The molecule has 1 aromatic rings. The van der Waals surface area contributed by atoms with E-state index in [0.29, 0.717) is 12.1 Å². The molecule has 7 heteroatoms. The number of ether oxygens (including phenoxy) is 1. The predicted molar refractivity (Wildman–Crippen MR) is 53.8 cm³/mol. The predicted octanol–water partition coefficient (Wildman–Crippen LogP) is 1.27. The van der Waals surface area contributed by atoms with Gasteiger partial charge in [0.1, 0.15) is 10.7 Å². The Kier molecular flexibility index (Phi) is 3.82.